The van der Waals surface area contributed by atoms with Crippen LogP contribution in [-0.4, -0.2) is 24.3 Å². The van der Waals surface area contributed by atoms with E-state index in [4.69, 9.17) is 16.3 Å². The Labute approximate surface area is 162 Å². The minimum atomic E-state index is -0.507. The summed E-state index contributed by atoms with van der Waals surface area (Å²) in [4.78, 5) is 35.3. The van der Waals surface area contributed by atoms with Crippen molar-refractivity contribution in [2.75, 3.05) is 11.9 Å². The molecule has 0 aromatic heterocycles. The number of para-hydroxylation sites is 2. The molecule has 7 nitrogen and oxygen atoms in total. The zero-order valence-corrected chi connectivity index (χ0v) is 15.5. The molecule has 0 aliphatic carbocycles. The van der Waals surface area contributed by atoms with Crippen LogP contribution in [0.2, 0.25) is 5.02 Å². The first kappa shape index (κ1) is 20.3. The SMILES string of the molecule is Cc1ccccc1OCC(=O)NNC(=O)CCC(=O)Nc1ccccc1Cl. The summed E-state index contributed by atoms with van der Waals surface area (Å²) in [7, 11) is 0. The number of hydrogen-bond donors (Lipinski definition) is 3. The van der Waals surface area contributed by atoms with Gasteiger partial charge in [-0.25, -0.2) is 0 Å². The van der Waals surface area contributed by atoms with Gasteiger partial charge in [0.2, 0.25) is 11.8 Å². The minimum Gasteiger partial charge on any atom is -0.483 e. The number of carbonyl (C=O) groups is 3. The normalized spacial score (nSPS) is 10.0. The van der Waals surface area contributed by atoms with Crippen LogP contribution in [0.25, 0.3) is 0 Å². The van der Waals surface area contributed by atoms with E-state index in [1.54, 1.807) is 36.4 Å². The Bertz CT molecular complexity index is 826. The molecule has 0 bridgehead atoms. The highest BCUT2D eigenvalue weighted by atomic mass is 35.5. The Balaban J connectivity index is 1.65. The molecule has 0 saturated heterocycles. The number of anilines is 1. The first-order valence-corrected chi connectivity index (χ1v) is 8.64. The second-order valence-electron chi connectivity index (χ2n) is 5.68. The highest BCUT2D eigenvalue weighted by Crippen LogP contribution is 2.20. The number of nitrogens with one attached hydrogen (secondary N) is 3. The lowest BCUT2D eigenvalue weighted by atomic mass is 10.2. The largest absolute Gasteiger partial charge is 0.483 e. The van der Waals surface area contributed by atoms with Crippen molar-refractivity contribution in [2.24, 2.45) is 0 Å². The lowest BCUT2D eigenvalue weighted by Crippen LogP contribution is -2.44. The quantitative estimate of drug-likeness (QED) is 0.634. The van der Waals surface area contributed by atoms with E-state index in [2.05, 4.69) is 16.2 Å². The molecule has 0 aliphatic heterocycles. The second-order valence-corrected chi connectivity index (χ2v) is 6.09. The van der Waals surface area contributed by atoms with Crippen molar-refractivity contribution in [3.63, 3.8) is 0 Å². The van der Waals surface area contributed by atoms with Gasteiger partial charge in [-0.15, -0.1) is 0 Å². The molecule has 2 aromatic rings. The summed E-state index contributed by atoms with van der Waals surface area (Å²) in [5, 5.41) is 3.03. The maximum absolute atomic E-state index is 11.8. The standard InChI is InChI=1S/C19H20ClN3O4/c1-13-6-2-5-9-16(13)27-12-19(26)23-22-18(25)11-10-17(24)21-15-8-4-3-7-14(15)20/h2-9H,10-12H2,1H3,(H,21,24)(H,22,25)(H,23,26). The maximum atomic E-state index is 11.8. The fraction of sp³-hybridized carbons (Fsp3) is 0.211. The molecule has 142 valence electrons. The molecular formula is C19H20ClN3O4. The number of rotatable bonds is 7. The van der Waals surface area contributed by atoms with Gasteiger partial charge >= 0.3 is 0 Å². The monoisotopic (exact) mass is 389 g/mol. The summed E-state index contributed by atoms with van der Waals surface area (Å²) in [6, 6.07) is 14.1. The Hall–Kier alpha value is -3.06. The molecule has 0 aliphatic rings. The Morgan fingerprint density at radius 2 is 1.52 bits per heavy atom. The van der Waals surface area contributed by atoms with E-state index in [-0.39, 0.29) is 25.4 Å². The number of hydrogen-bond acceptors (Lipinski definition) is 4. The highest BCUT2D eigenvalue weighted by molar-refractivity contribution is 6.33. The third kappa shape index (κ3) is 6.99. The van der Waals surface area contributed by atoms with Crippen molar-refractivity contribution in [3.8, 4) is 5.75 Å². The molecule has 0 radical (unpaired) electrons. The van der Waals surface area contributed by atoms with Crippen LogP contribution in [0, 0.1) is 6.92 Å². The van der Waals surface area contributed by atoms with Gasteiger partial charge in [-0.05, 0) is 30.7 Å². The molecule has 2 aromatic carbocycles. The van der Waals surface area contributed by atoms with E-state index in [1.807, 2.05) is 19.1 Å². The van der Waals surface area contributed by atoms with E-state index in [0.717, 1.165) is 5.56 Å². The van der Waals surface area contributed by atoms with Gasteiger partial charge in [-0.2, -0.15) is 0 Å². The van der Waals surface area contributed by atoms with E-state index in [9.17, 15) is 14.4 Å². The van der Waals surface area contributed by atoms with E-state index >= 15 is 0 Å². The van der Waals surface area contributed by atoms with Crippen LogP contribution in [-0.2, 0) is 14.4 Å². The summed E-state index contributed by atoms with van der Waals surface area (Å²) in [6.45, 7) is 1.63. The number of hydrazine groups is 1. The van der Waals surface area contributed by atoms with Gasteiger partial charge in [0.05, 0.1) is 10.7 Å². The lowest BCUT2D eigenvalue weighted by molar-refractivity contribution is -0.130. The Morgan fingerprint density at radius 3 is 2.26 bits per heavy atom. The molecule has 3 N–H and O–H groups in total. The molecule has 2 rings (SSSR count). The number of aryl methyl sites for hydroxylation is 1. The molecule has 0 spiro atoms. The third-order valence-corrected chi connectivity index (χ3v) is 3.85. The van der Waals surface area contributed by atoms with E-state index < -0.39 is 11.8 Å². The molecule has 8 heteroatoms. The predicted octanol–water partition coefficient (Wildman–Crippen LogP) is 2.59. The fourth-order valence-corrected chi connectivity index (χ4v) is 2.28. The van der Waals surface area contributed by atoms with Crippen LogP contribution in [0.5, 0.6) is 5.75 Å². The van der Waals surface area contributed by atoms with Crippen LogP contribution < -0.4 is 20.9 Å². The van der Waals surface area contributed by atoms with Crippen LogP contribution in [0.1, 0.15) is 18.4 Å². The third-order valence-electron chi connectivity index (χ3n) is 3.52. The zero-order chi connectivity index (χ0) is 19.6. The van der Waals surface area contributed by atoms with Gasteiger partial charge in [-0.1, -0.05) is 41.9 Å². The molecule has 27 heavy (non-hydrogen) atoms. The van der Waals surface area contributed by atoms with Crippen molar-refractivity contribution in [1.29, 1.82) is 0 Å². The van der Waals surface area contributed by atoms with Gasteiger partial charge < -0.3 is 10.1 Å². The molecule has 0 unspecified atom stereocenters. The predicted molar refractivity (Wildman–Crippen MR) is 102 cm³/mol. The summed E-state index contributed by atoms with van der Waals surface area (Å²) in [6.07, 6.45) is -0.137. The average molecular weight is 390 g/mol. The molecule has 3 amide bonds. The Kier molecular flexibility index (Phi) is 7.63. The summed E-state index contributed by atoms with van der Waals surface area (Å²) < 4.78 is 5.37. The number of benzene rings is 2. The van der Waals surface area contributed by atoms with E-state index in [0.29, 0.717) is 16.5 Å². The number of halogens is 1. The van der Waals surface area contributed by atoms with Crippen molar-refractivity contribution in [3.05, 3.63) is 59.1 Å². The van der Waals surface area contributed by atoms with Crippen molar-refractivity contribution >= 4 is 35.0 Å². The molecule has 0 fully saturated rings. The minimum absolute atomic E-state index is 0.0490. The van der Waals surface area contributed by atoms with E-state index in [1.165, 1.54) is 0 Å². The van der Waals surface area contributed by atoms with Crippen LogP contribution in [0.15, 0.2) is 48.5 Å². The van der Waals surface area contributed by atoms with Gasteiger partial charge in [0, 0.05) is 12.8 Å². The van der Waals surface area contributed by atoms with Gasteiger partial charge in [-0.3, -0.25) is 25.2 Å². The van der Waals surface area contributed by atoms with Crippen molar-refractivity contribution in [1.82, 2.24) is 10.9 Å². The molecule has 0 atom stereocenters. The number of ether oxygens (including phenoxy) is 1. The maximum Gasteiger partial charge on any atom is 0.276 e. The smallest absolute Gasteiger partial charge is 0.276 e. The first-order chi connectivity index (χ1) is 13.0. The second kappa shape index (κ2) is 10.2. The molecule has 0 heterocycles. The van der Waals surface area contributed by atoms with Crippen LogP contribution >= 0.6 is 11.6 Å². The topological polar surface area (TPSA) is 96.5 Å². The average Bonchev–Trinajstić information content (AvgIpc) is 2.66. The zero-order valence-electron chi connectivity index (χ0n) is 14.8. The number of amides is 3. The molecule has 0 saturated carbocycles. The Morgan fingerprint density at radius 1 is 0.889 bits per heavy atom. The summed E-state index contributed by atoms with van der Waals surface area (Å²) in [5.41, 5.74) is 5.86. The fourth-order valence-electron chi connectivity index (χ4n) is 2.10. The summed E-state index contributed by atoms with van der Waals surface area (Å²) in [5.74, 6) is -0.761. The van der Waals surface area contributed by atoms with Gasteiger partial charge in [0.1, 0.15) is 5.75 Å². The lowest BCUT2D eigenvalue weighted by Gasteiger charge is -2.10. The van der Waals surface area contributed by atoms with Crippen molar-refractivity contribution in [2.45, 2.75) is 19.8 Å². The van der Waals surface area contributed by atoms with Crippen LogP contribution in [0.3, 0.4) is 0 Å². The number of carbonyl (C=O) groups excluding carboxylic acids is 3. The van der Waals surface area contributed by atoms with Crippen LogP contribution in [0.4, 0.5) is 5.69 Å². The first-order valence-electron chi connectivity index (χ1n) is 8.26. The summed E-state index contributed by atoms with van der Waals surface area (Å²) >= 11 is 5.95. The van der Waals surface area contributed by atoms with Gasteiger partial charge in [0.15, 0.2) is 6.61 Å². The van der Waals surface area contributed by atoms with Crippen molar-refractivity contribution < 1.29 is 19.1 Å². The highest BCUT2D eigenvalue weighted by Gasteiger charge is 2.10. The molecular weight excluding hydrogens is 370 g/mol. The van der Waals surface area contributed by atoms with Gasteiger partial charge in [0.25, 0.3) is 5.91 Å².